The van der Waals surface area contributed by atoms with E-state index in [1.54, 1.807) is 48.7 Å². The standard InChI is InChI=1S/C19H16ClN3O3/c1-10-16-18(22-26-10)17-14(20)7-4-8-15(17)23(19(16)24)12-5-3-6-13(9-12)25-11(2)21/h3-9,11H,21H2,1-2H3. The first kappa shape index (κ1) is 16.6. The number of benzene rings is 2. The number of halogens is 1. The number of aromatic nitrogens is 2. The third kappa shape index (κ3) is 2.55. The van der Waals surface area contributed by atoms with Gasteiger partial charge < -0.3 is 9.26 Å². The molecule has 4 rings (SSSR count). The predicted octanol–water partition coefficient (Wildman–Crippen LogP) is 3.78. The highest BCUT2D eigenvalue weighted by molar-refractivity contribution is 6.37. The van der Waals surface area contributed by atoms with E-state index >= 15 is 0 Å². The lowest BCUT2D eigenvalue weighted by molar-refractivity contribution is 0.230. The van der Waals surface area contributed by atoms with Crippen molar-refractivity contribution in [1.82, 2.24) is 9.72 Å². The fraction of sp³-hybridized carbons (Fsp3) is 0.158. The van der Waals surface area contributed by atoms with E-state index < -0.39 is 6.23 Å². The Morgan fingerprint density at radius 3 is 2.77 bits per heavy atom. The highest BCUT2D eigenvalue weighted by atomic mass is 35.5. The molecule has 0 fully saturated rings. The van der Waals surface area contributed by atoms with Crippen LogP contribution in [0.25, 0.3) is 27.5 Å². The number of hydrogen-bond donors (Lipinski definition) is 1. The summed E-state index contributed by atoms with van der Waals surface area (Å²) in [6.07, 6.45) is -0.462. The summed E-state index contributed by atoms with van der Waals surface area (Å²) in [5.41, 5.74) is 7.22. The lowest BCUT2D eigenvalue weighted by atomic mass is 10.1. The Labute approximate surface area is 153 Å². The average Bonchev–Trinajstić information content (AvgIpc) is 2.97. The third-order valence-electron chi connectivity index (χ3n) is 4.15. The van der Waals surface area contributed by atoms with Crippen molar-refractivity contribution in [1.29, 1.82) is 0 Å². The van der Waals surface area contributed by atoms with Crippen molar-refractivity contribution in [2.24, 2.45) is 5.73 Å². The molecule has 0 aliphatic heterocycles. The number of nitrogens with zero attached hydrogens (tertiary/aromatic N) is 2. The Morgan fingerprint density at radius 2 is 2.00 bits per heavy atom. The molecular formula is C19H16ClN3O3. The van der Waals surface area contributed by atoms with E-state index in [1.165, 1.54) is 0 Å². The van der Waals surface area contributed by atoms with Crippen LogP contribution >= 0.6 is 11.6 Å². The molecule has 4 aromatic rings. The normalized spacial score (nSPS) is 12.6. The average molecular weight is 370 g/mol. The Bertz CT molecular complexity index is 1190. The molecule has 0 spiro atoms. The van der Waals surface area contributed by atoms with E-state index in [1.807, 2.05) is 12.1 Å². The van der Waals surface area contributed by atoms with E-state index in [2.05, 4.69) is 5.16 Å². The molecular weight excluding hydrogens is 354 g/mol. The summed E-state index contributed by atoms with van der Waals surface area (Å²) in [5.74, 6) is 1.02. The molecule has 1 atom stereocenters. The minimum Gasteiger partial charge on any atom is -0.476 e. The lowest BCUT2D eigenvalue weighted by Gasteiger charge is -2.14. The summed E-state index contributed by atoms with van der Waals surface area (Å²) >= 11 is 6.42. The van der Waals surface area contributed by atoms with Crippen molar-refractivity contribution in [2.45, 2.75) is 20.1 Å². The number of pyridine rings is 1. The van der Waals surface area contributed by atoms with Crippen molar-refractivity contribution in [3.63, 3.8) is 0 Å². The second kappa shape index (κ2) is 6.16. The van der Waals surface area contributed by atoms with Crippen LogP contribution in [-0.2, 0) is 0 Å². The van der Waals surface area contributed by atoms with Gasteiger partial charge in [0.15, 0.2) is 0 Å². The van der Waals surface area contributed by atoms with Crippen molar-refractivity contribution >= 4 is 33.4 Å². The summed E-state index contributed by atoms with van der Waals surface area (Å²) in [6, 6.07) is 12.6. The zero-order valence-electron chi connectivity index (χ0n) is 14.2. The maximum absolute atomic E-state index is 13.2. The first-order valence-electron chi connectivity index (χ1n) is 8.09. The number of hydrogen-bond acceptors (Lipinski definition) is 5. The molecule has 0 saturated heterocycles. The van der Waals surface area contributed by atoms with E-state index in [4.69, 9.17) is 26.6 Å². The van der Waals surface area contributed by atoms with Crippen LogP contribution in [0.1, 0.15) is 12.7 Å². The van der Waals surface area contributed by atoms with Crippen LogP contribution in [0.15, 0.2) is 51.8 Å². The molecule has 0 radical (unpaired) electrons. The fourth-order valence-electron chi connectivity index (χ4n) is 3.12. The first-order valence-corrected chi connectivity index (χ1v) is 8.47. The molecule has 2 aromatic carbocycles. The van der Waals surface area contributed by atoms with E-state index in [0.717, 1.165) is 0 Å². The third-order valence-corrected chi connectivity index (χ3v) is 4.46. The second-order valence-corrected chi connectivity index (χ2v) is 6.46. The van der Waals surface area contributed by atoms with Gasteiger partial charge >= 0.3 is 0 Å². The van der Waals surface area contributed by atoms with Gasteiger partial charge in [0, 0.05) is 11.5 Å². The SMILES string of the molecule is Cc1onc2c1c(=O)n(-c1cccc(OC(C)N)c1)c1cccc(Cl)c21. The van der Waals surface area contributed by atoms with Gasteiger partial charge in [-0.05, 0) is 38.1 Å². The quantitative estimate of drug-likeness (QED) is 0.556. The van der Waals surface area contributed by atoms with E-state index in [0.29, 0.717) is 44.0 Å². The van der Waals surface area contributed by atoms with E-state index in [-0.39, 0.29) is 5.56 Å². The molecule has 0 aliphatic rings. The van der Waals surface area contributed by atoms with Crippen LogP contribution < -0.4 is 16.0 Å². The topological polar surface area (TPSA) is 83.3 Å². The van der Waals surface area contributed by atoms with Gasteiger partial charge in [0.25, 0.3) is 5.56 Å². The summed E-state index contributed by atoms with van der Waals surface area (Å²) in [7, 11) is 0. The number of nitrogens with two attached hydrogens (primary N) is 1. The monoisotopic (exact) mass is 369 g/mol. The highest BCUT2D eigenvalue weighted by Gasteiger charge is 2.19. The van der Waals surface area contributed by atoms with E-state index in [9.17, 15) is 4.79 Å². The maximum Gasteiger partial charge on any atom is 0.268 e. The molecule has 0 bridgehead atoms. The van der Waals surface area contributed by atoms with Crippen molar-refractivity contribution in [3.05, 3.63) is 63.6 Å². The first-order chi connectivity index (χ1) is 12.5. The number of aryl methyl sites for hydroxylation is 1. The Kier molecular flexibility index (Phi) is 3.94. The highest BCUT2D eigenvalue weighted by Crippen LogP contribution is 2.31. The summed E-state index contributed by atoms with van der Waals surface area (Å²) in [4.78, 5) is 13.2. The molecule has 26 heavy (non-hydrogen) atoms. The van der Waals surface area contributed by atoms with Crippen molar-refractivity contribution in [3.8, 4) is 11.4 Å². The Hall–Kier alpha value is -2.83. The zero-order chi connectivity index (χ0) is 18.4. The fourth-order valence-corrected chi connectivity index (χ4v) is 3.38. The summed E-state index contributed by atoms with van der Waals surface area (Å²) in [5, 5.41) is 5.62. The van der Waals surface area contributed by atoms with Gasteiger partial charge in [0.2, 0.25) is 0 Å². The van der Waals surface area contributed by atoms with Crippen LogP contribution in [0.4, 0.5) is 0 Å². The minimum atomic E-state index is -0.462. The largest absolute Gasteiger partial charge is 0.476 e. The van der Waals surface area contributed by atoms with Crippen molar-refractivity contribution in [2.75, 3.05) is 0 Å². The van der Waals surface area contributed by atoms with Crippen LogP contribution in [0.5, 0.6) is 5.75 Å². The number of fused-ring (bicyclic) bond motifs is 3. The summed E-state index contributed by atoms with van der Waals surface area (Å²) in [6.45, 7) is 3.44. The zero-order valence-corrected chi connectivity index (χ0v) is 14.9. The summed E-state index contributed by atoms with van der Waals surface area (Å²) < 4.78 is 12.4. The Morgan fingerprint density at radius 1 is 1.23 bits per heavy atom. The smallest absolute Gasteiger partial charge is 0.268 e. The maximum atomic E-state index is 13.2. The van der Waals surface area contributed by atoms with Gasteiger partial charge in [0.05, 0.1) is 16.2 Å². The van der Waals surface area contributed by atoms with Gasteiger partial charge in [0.1, 0.15) is 28.6 Å². The van der Waals surface area contributed by atoms with Crippen molar-refractivity contribution < 1.29 is 9.26 Å². The van der Waals surface area contributed by atoms with Crippen LogP contribution in [0.2, 0.25) is 5.02 Å². The molecule has 0 saturated carbocycles. The molecule has 7 heteroatoms. The molecule has 6 nitrogen and oxygen atoms in total. The Balaban J connectivity index is 2.12. The van der Waals surface area contributed by atoms with Crippen LogP contribution in [-0.4, -0.2) is 16.0 Å². The number of ether oxygens (including phenoxy) is 1. The van der Waals surface area contributed by atoms with Gasteiger partial charge in [-0.25, -0.2) is 0 Å². The van der Waals surface area contributed by atoms with Gasteiger partial charge in [-0.3, -0.25) is 15.1 Å². The predicted molar refractivity (Wildman–Crippen MR) is 101 cm³/mol. The molecule has 132 valence electrons. The molecule has 1 unspecified atom stereocenters. The molecule has 0 amide bonds. The van der Waals surface area contributed by atoms with Gasteiger partial charge in [-0.1, -0.05) is 28.9 Å². The molecule has 2 heterocycles. The van der Waals surface area contributed by atoms with Crippen LogP contribution in [0.3, 0.4) is 0 Å². The lowest BCUT2D eigenvalue weighted by Crippen LogP contribution is -2.23. The minimum absolute atomic E-state index is 0.230. The van der Waals surface area contributed by atoms with Gasteiger partial charge in [-0.2, -0.15) is 0 Å². The second-order valence-electron chi connectivity index (χ2n) is 6.06. The molecule has 0 aliphatic carbocycles. The van der Waals surface area contributed by atoms with Crippen LogP contribution in [0, 0.1) is 6.92 Å². The molecule has 2 N–H and O–H groups in total. The number of rotatable bonds is 3. The van der Waals surface area contributed by atoms with Gasteiger partial charge in [-0.15, -0.1) is 0 Å². The molecule has 2 aromatic heterocycles.